The fourth-order valence-electron chi connectivity index (χ4n) is 4.96. The van der Waals surface area contributed by atoms with Crippen LogP contribution in [0.25, 0.3) is 0 Å². The lowest BCUT2D eigenvalue weighted by Crippen LogP contribution is -2.39. The minimum absolute atomic E-state index is 0.333. The van der Waals surface area contributed by atoms with Gasteiger partial charge in [-0.15, -0.1) is 0 Å². The van der Waals surface area contributed by atoms with Crippen LogP contribution in [0.15, 0.2) is 30.3 Å². The van der Waals surface area contributed by atoms with E-state index < -0.39 is 0 Å². The molecule has 0 radical (unpaired) electrons. The number of hydrogen-bond donors (Lipinski definition) is 0. The highest BCUT2D eigenvalue weighted by Gasteiger charge is 2.25. The number of hydrogen-bond acceptors (Lipinski definition) is 7. The van der Waals surface area contributed by atoms with Crippen LogP contribution in [0.5, 0.6) is 23.0 Å². The third-order valence-corrected chi connectivity index (χ3v) is 7.02. The van der Waals surface area contributed by atoms with E-state index in [1.54, 1.807) is 46.6 Å². The SMILES string of the molecule is CCN(CCCCCCOC(=O)c1ccc(OC)c(OC)c1)C1CCc2cc(OC)c(OC)cc2C1. The van der Waals surface area contributed by atoms with Crippen molar-refractivity contribution < 1.29 is 28.5 Å². The van der Waals surface area contributed by atoms with Crippen LogP contribution in [0, 0.1) is 0 Å². The summed E-state index contributed by atoms with van der Waals surface area (Å²) in [6.07, 6.45) is 7.47. The maximum Gasteiger partial charge on any atom is 0.338 e. The number of nitrogens with zero attached hydrogens (tertiary/aromatic N) is 1. The predicted octanol–water partition coefficient (Wildman–Crippen LogP) is 5.32. The van der Waals surface area contributed by atoms with Gasteiger partial charge in [0, 0.05) is 6.04 Å². The highest BCUT2D eigenvalue weighted by atomic mass is 16.5. The largest absolute Gasteiger partial charge is 0.493 e. The molecule has 0 heterocycles. The Labute approximate surface area is 215 Å². The molecule has 1 unspecified atom stereocenters. The van der Waals surface area contributed by atoms with Crippen molar-refractivity contribution in [2.24, 2.45) is 0 Å². The van der Waals surface area contributed by atoms with Gasteiger partial charge in [-0.25, -0.2) is 4.79 Å². The standard InChI is InChI=1S/C29H41NO6/c1-6-30(24-13-11-21-18-27(34-4)28(35-5)20-23(21)17-24)15-9-7-8-10-16-36-29(31)22-12-14-25(32-2)26(19-22)33-3/h12,14,18-20,24H,6-11,13,15-17H2,1-5H3. The molecule has 0 fully saturated rings. The number of likely N-dealkylation sites (N-methyl/N-ethyl adjacent to an activating group) is 1. The summed E-state index contributed by atoms with van der Waals surface area (Å²) in [6.45, 7) is 4.82. The van der Waals surface area contributed by atoms with Crippen molar-refractivity contribution in [3.8, 4) is 23.0 Å². The van der Waals surface area contributed by atoms with Gasteiger partial charge < -0.3 is 28.6 Å². The molecule has 0 saturated carbocycles. The zero-order valence-corrected chi connectivity index (χ0v) is 22.4. The number of aryl methyl sites for hydroxylation is 1. The molecule has 0 N–H and O–H groups in total. The first-order valence-corrected chi connectivity index (χ1v) is 12.9. The third-order valence-electron chi connectivity index (χ3n) is 7.02. The lowest BCUT2D eigenvalue weighted by Gasteiger charge is -2.35. The quantitative estimate of drug-likeness (QED) is 0.257. The van der Waals surface area contributed by atoms with E-state index in [0.29, 0.717) is 29.7 Å². The van der Waals surface area contributed by atoms with Crippen molar-refractivity contribution in [3.05, 3.63) is 47.0 Å². The lowest BCUT2D eigenvalue weighted by atomic mass is 9.87. The van der Waals surface area contributed by atoms with Crippen LogP contribution in [0.4, 0.5) is 0 Å². The molecule has 0 aromatic heterocycles. The van der Waals surface area contributed by atoms with E-state index in [4.69, 9.17) is 23.7 Å². The van der Waals surface area contributed by atoms with Crippen molar-refractivity contribution in [2.45, 2.75) is 57.9 Å². The van der Waals surface area contributed by atoms with E-state index in [2.05, 4.69) is 24.0 Å². The molecule has 1 atom stereocenters. The summed E-state index contributed by atoms with van der Waals surface area (Å²) in [5.41, 5.74) is 3.22. The van der Waals surface area contributed by atoms with Crippen LogP contribution in [0.1, 0.15) is 60.5 Å². The summed E-state index contributed by atoms with van der Waals surface area (Å²) in [4.78, 5) is 14.9. The first-order valence-electron chi connectivity index (χ1n) is 12.9. The average Bonchev–Trinajstić information content (AvgIpc) is 2.92. The number of esters is 1. The van der Waals surface area contributed by atoms with Gasteiger partial charge in [0.25, 0.3) is 0 Å². The van der Waals surface area contributed by atoms with Crippen LogP contribution >= 0.6 is 0 Å². The number of ether oxygens (including phenoxy) is 5. The smallest absolute Gasteiger partial charge is 0.338 e. The molecule has 1 aliphatic rings. The minimum atomic E-state index is -0.333. The van der Waals surface area contributed by atoms with Crippen LogP contribution in [0.2, 0.25) is 0 Å². The molecule has 3 rings (SSSR count). The number of methoxy groups -OCH3 is 4. The van der Waals surface area contributed by atoms with Gasteiger partial charge in [0.1, 0.15) is 0 Å². The average molecular weight is 500 g/mol. The number of carbonyl (C=O) groups excluding carboxylic acids is 1. The summed E-state index contributed by atoms with van der Waals surface area (Å²) >= 11 is 0. The van der Waals surface area contributed by atoms with Crippen LogP contribution < -0.4 is 18.9 Å². The van der Waals surface area contributed by atoms with Crippen molar-refractivity contribution in [1.82, 2.24) is 4.90 Å². The highest BCUT2D eigenvalue weighted by molar-refractivity contribution is 5.90. The van der Waals surface area contributed by atoms with Gasteiger partial charge in [-0.1, -0.05) is 19.8 Å². The van der Waals surface area contributed by atoms with Crippen molar-refractivity contribution in [3.63, 3.8) is 0 Å². The van der Waals surface area contributed by atoms with Gasteiger partial charge in [-0.05, 0) is 86.7 Å². The Morgan fingerprint density at radius 1 is 0.833 bits per heavy atom. The third kappa shape index (κ3) is 7.06. The van der Waals surface area contributed by atoms with Crippen LogP contribution in [-0.4, -0.2) is 65.0 Å². The van der Waals surface area contributed by atoms with E-state index in [9.17, 15) is 4.79 Å². The first kappa shape index (κ1) is 27.7. The van der Waals surface area contributed by atoms with E-state index in [0.717, 1.165) is 63.1 Å². The molecule has 7 heteroatoms. The predicted molar refractivity (Wildman–Crippen MR) is 141 cm³/mol. The van der Waals surface area contributed by atoms with Crippen LogP contribution in [-0.2, 0) is 17.6 Å². The van der Waals surface area contributed by atoms with Crippen LogP contribution in [0.3, 0.4) is 0 Å². The second kappa shape index (κ2) is 14.0. The summed E-state index contributed by atoms with van der Waals surface area (Å²) in [5.74, 6) is 2.41. The van der Waals surface area contributed by atoms with E-state index in [-0.39, 0.29) is 5.97 Å². The Morgan fingerprint density at radius 2 is 1.47 bits per heavy atom. The molecule has 0 aliphatic heterocycles. The maximum atomic E-state index is 12.3. The van der Waals surface area contributed by atoms with Crippen molar-refractivity contribution in [2.75, 3.05) is 48.1 Å². The molecule has 0 spiro atoms. The van der Waals surface area contributed by atoms with Gasteiger partial charge in [-0.3, -0.25) is 0 Å². The maximum absolute atomic E-state index is 12.3. The molecule has 2 aromatic rings. The molecule has 198 valence electrons. The number of rotatable bonds is 14. The molecular weight excluding hydrogens is 458 g/mol. The highest BCUT2D eigenvalue weighted by Crippen LogP contribution is 2.35. The fraction of sp³-hybridized carbons (Fsp3) is 0.552. The second-order valence-corrected chi connectivity index (χ2v) is 9.12. The molecule has 7 nitrogen and oxygen atoms in total. The number of fused-ring (bicyclic) bond motifs is 1. The molecule has 36 heavy (non-hydrogen) atoms. The van der Waals surface area contributed by atoms with Gasteiger partial charge in [0.2, 0.25) is 0 Å². The zero-order chi connectivity index (χ0) is 25.9. The van der Waals surface area contributed by atoms with Crippen molar-refractivity contribution >= 4 is 5.97 Å². The summed E-state index contributed by atoms with van der Waals surface area (Å²) < 4.78 is 26.9. The van der Waals surface area contributed by atoms with E-state index >= 15 is 0 Å². The summed E-state index contributed by atoms with van der Waals surface area (Å²) in [5, 5.41) is 0. The monoisotopic (exact) mass is 499 g/mol. The minimum Gasteiger partial charge on any atom is -0.493 e. The number of benzene rings is 2. The van der Waals surface area contributed by atoms with Gasteiger partial charge in [0.15, 0.2) is 23.0 Å². The fourth-order valence-corrected chi connectivity index (χ4v) is 4.96. The Balaban J connectivity index is 1.37. The molecule has 0 saturated heterocycles. The van der Waals surface area contributed by atoms with Gasteiger partial charge in [0.05, 0.1) is 40.6 Å². The molecule has 2 aromatic carbocycles. The van der Waals surface area contributed by atoms with Crippen molar-refractivity contribution in [1.29, 1.82) is 0 Å². The molecular formula is C29H41NO6. The molecule has 0 amide bonds. The topological polar surface area (TPSA) is 66.5 Å². The van der Waals surface area contributed by atoms with E-state index in [1.165, 1.54) is 17.5 Å². The van der Waals surface area contributed by atoms with E-state index in [1.807, 2.05) is 0 Å². The zero-order valence-electron chi connectivity index (χ0n) is 22.4. The first-order chi connectivity index (χ1) is 17.5. The summed E-state index contributed by atoms with van der Waals surface area (Å²) in [6, 6.07) is 9.90. The summed E-state index contributed by atoms with van der Waals surface area (Å²) in [7, 11) is 6.50. The number of unbranched alkanes of at least 4 members (excludes halogenated alkanes) is 3. The molecule has 0 bridgehead atoms. The van der Waals surface area contributed by atoms with Gasteiger partial charge in [-0.2, -0.15) is 0 Å². The molecule has 1 aliphatic carbocycles. The van der Waals surface area contributed by atoms with Gasteiger partial charge >= 0.3 is 5.97 Å². The Kier molecular flexibility index (Phi) is 10.7. The number of carbonyl (C=O) groups is 1. The Bertz CT molecular complexity index is 992. The normalized spacial score (nSPS) is 14.8. The lowest BCUT2D eigenvalue weighted by molar-refractivity contribution is 0.0497. The Hall–Kier alpha value is -2.93. The second-order valence-electron chi connectivity index (χ2n) is 9.12. The Morgan fingerprint density at radius 3 is 2.14 bits per heavy atom.